The fourth-order valence-electron chi connectivity index (χ4n) is 5.15. The van der Waals surface area contributed by atoms with E-state index in [-0.39, 0.29) is 12.0 Å². The number of halogens is 1. The smallest absolute Gasteiger partial charge is 0.407 e. The Morgan fingerprint density at radius 2 is 1.65 bits per heavy atom. The van der Waals surface area contributed by atoms with Gasteiger partial charge in [-0.05, 0) is 81.4 Å². The lowest BCUT2D eigenvalue weighted by Gasteiger charge is -2.32. The summed E-state index contributed by atoms with van der Waals surface area (Å²) in [6, 6.07) is 19.0. The molecule has 0 aromatic heterocycles. The number of fused-ring (bicyclic) bond motifs is 3. The van der Waals surface area contributed by atoms with Gasteiger partial charge in [-0.3, -0.25) is 0 Å². The molecule has 1 aliphatic carbocycles. The van der Waals surface area contributed by atoms with Crippen molar-refractivity contribution in [1.82, 2.24) is 10.6 Å². The van der Waals surface area contributed by atoms with Crippen molar-refractivity contribution in [2.45, 2.75) is 26.3 Å². The first kappa shape index (κ1) is 23.2. The molecule has 2 N–H and O–H groups in total. The molecule has 34 heavy (non-hydrogen) atoms. The largest absolute Gasteiger partial charge is 0.449 e. The maximum atomic E-state index is 12.7. The molecule has 6 heteroatoms. The Bertz CT molecular complexity index is 1170. The molecule has 0 radical (unpaired) electrons. The van der Waals surface area contributed by atoms with Crippen LogP contribution >= 0.6 is 22.6 Å². The van der Waals surface area contributed by atoms with Crippen LogP contribution in [0.15, 0.2) is 54.6 Å². The molecule has 3 aromatic rings. The number of nitrogens with one attached hydrogen (secondary N) is 2. The molecule has 5 rings (SSSR count). The van der Waals surface area contributed by atoms with Crippen LogP contribution in [0.4, 0.5) is 10.5 Å². The van der Waals surface area contributed by atoms with Gasteiger partial charge in [0.25, 0.3) is 0 Å². The average Bonchev–Trinajstić information content (AvgIpc) is 3.20. The third-order valence-corrected chi connectivity index (χ3v) is 8.68. The zero-order valence-electron chi connectivity index (χ0n) is 19.7. The van der Waals surface area contributed by atoms with E-state index >= 15 is 0 Å². The number of benzene rings is 3. The molecule has 1 heterocycles. The van der Waals surface area contributed by atoms with Gasteiger partial charge in [-0.2, -0.15) is 0 Å². The van der Waals surface area contributed by atoms with Crippen molar-refractivity contribution in [2.75, 3.05) is 37.7 Å². The minimum Gasteiger partial charge on any atom is -0.449 e. The van der Waals surface area contributed by atoms with Crippen LogP contribution in [0.3, 0.4) is 0 Å². The predicted molar refractivity (Wildman–Crippen MR) is 146 cm³/mol. The summed E-state index contributed by atoms with van der Waals surface area (Å²) in [4.78, 5) is 15.1. The normalized spacial score (nSPS) is 15.1. The predicted octanol–water partition coefficient (Wildman–Crippen LogP) is 5.36. The van der Waals surface area contributed by atoms with Gasteiger partial charge < -0.3 is 20.3 Å². The van der Waals surface area contributed by atoms with Crippen molar-refractivity contribution >= 4 is 34.4 Å². The standard InChI is InChI=1S/C28H30IN3O2/c1-18-20(15-26(19(2)27(18)29)32-13-11-30-12-14-32)16-31-28(33)34-17-25-23-9-5-3-7-21(23)22-8-4-6-10-24(22)25/h3-10,15,25,30H,11-14,16-17H2,1-2H3,(H,31,33). The summed E-state index contributed by atoms with van der Waals surface area (Å²) in [7, 11) is 0. The lowest BCUT2D eigenvalue weighted by molar-refractivity contribution is 0.142. The van der Waals surface area contributed by atoms with E-state index in [9.17, 15) is 4.79 Å². The molecular weight excluding hydrogens is 537 g/mol. The second-order valence-electron chi connectivity index (χ2n) is 9.03. The summed E-state index contributed by atoms with van der Waals surface area (Å²) in [5, 5.41) is 6.41. The van der Waals surface area contributed by atoms with E-state index in [0.29, 0.717) is 13.2 Å². The van der Waals surface area contributed by atoms with Crippen LogP contribution in [0, 0.1) is 17.4 Å². The monoisotopic (exact) mass is 567 g/mol. The molecule has 1 saturated heterocycles. The first-order valence-corrected chi connectivity index (χ1v) is 13.0. The molecule has 3 aromatic carbocycles. The number of ether oxygens (including phenoxy) is 1. The van der Waals surface area contributed by atoms with E-state index in [1.165, 1.54) is 42.6 Å². The molecule has 0 bridgehead atoms. The summed E-state index contributed by atoms with van der Waals surface area (Å²) in [5.41, 5.74) is 9.84. The van der Waals surface area contributed by atoms with Crippen LogP contribution in [-0.2, 0) is 11.3 Å². The Morgan fingerprint density at radius 3 is 2.29 bits per heavy atom. The van der Waals surface area contributed by atoms with Gasteiger partial charge >= 0.3 is 6.09 Å². The van der Waals surface area contributed by atoms with Gasteiger partial charge in [0.1, 0.15) is 6.61 Å². The molecule has 0 spiro atoms. The molecule has 1 aliphatic heterocycles. The van der Waals surface area contributed by atoms with Gasteiger partial charge in [0, 0.05) is 47.9 Å². The van der Waals surface area contributed by atoms with E-state index in [2.05, 4.69) is 107 Å². The molecule has 1 amide bonds. The first-order chi connectivity index (χ1) is 16.5. The minimum atomic E-state index is -0.374. The van der Waals surface area contributed by atoms with E-state index in [1.54, 1.807) is 0 Å². The van der Waals surface area contributed by atoms with Crippen LogP contribution in [-0.4, -0.2) is 38.9 Å². The molecule has 0 unspecified atom stereocenters. The minimum absolute atomic E-state index is 0.0690. The van der Waals surface area contributed by atoms with Crippen molar-refractivity contribution in [3.8, 4) is 11.1 Å². The number of carbonyl (C=O) groups excluding carboxylic acids is 1. The van der Waals surface area contributed by atoms with Crippen molar-refractivity contribution in [2.24, 2.45) is 0 Å². The van der Waals surface area contributed by atoms with Crippen LogP contribution in [0.1, 0.15) is 33.7 Å². The summed E-state index contributed by atoms with van der Waals surface area (Å²) < 4.78 is 6.99. The Hall–Kier alpha value is -2.58. The van der Waals surface area contributed by atoms with Gasteiger partial charge in [-0.1, -0.05) is 48.5 Å². The number of carbonyl (C=O) groups is 1. The lowest BCUT2D eigenvalue weighted by atomic mass is 9.98. The van der Waals surface area contributed by atoms with Crippen molar-refractivity contribution < 1.29 is 9.53 Å². The average molecular weight is 567 g/mol. The number of piperazine rings is 1. The molecule has 2 aliphatic rings. The Balaban J connectivity index is 1.26. The SMILES string of the molecule is Cc1c(CNC(=O)OCC2c3ccccc3-c3ccccc32)cc(N2CCNCC2)c(C)c1I. The molecule has 5 nitrogen and oxygen atoms in total. The van der Waals surface area contributed by atoms with Crippen LogP contribution in [0.5, 0.6) is 0 Å². The van der Waals surface area contributed by atoms with Gasteiger partial charge in [0.15, 0.2) is 0 Å². The highest BCUT2D eigenvalue weighted by Gasteiger charge is 2.29. The van der Waals surface area contributed by atoms with Crippen molar-refractivity contribution in [3.63, 3.8) is 0 Å². The molecule has 176 valence electrons. The first-order valence-electron chi connectivity index (χ1n) is 11.9. The van der Waals surface area contributed by atoms with Crippen LogP contribution < -0.4 is 15.5 Å². The van der Waals surface area contributed by atoms with E-state index in [1.807, 2.05) is 0 Å². The number of hydrogen-bond acceptors (Lipinski definition) is 4. The molecule has 1 fully saturated rings. The molecule has 0 atom stereocenters. The zero-order chi connectivity index (χ0) is 23.7. The third kappa shape index (κ3) is 4.41. The third-order valence-electron chi connectivity index (χ3n) is 7.06. The highest BCUT2D eigenvalue weighted by molar-refractivity contribution is 14.1. The molecule has 0 saturated carbocycles. The lowest BCUT2D eigenvalue weighted by Crippen LogP contribution is -2.44. The number of alkyl carbamates (subject to hydrolysis) is 1. The Kier molecular flexibility index (Phi) is 6.79. The van der Waals surface area contributed by atoms with Gasteiger partial charge in [-0.15, -0.1) is 0 Å². The van der Waals surface area contributed by atoms with Crippen molar-refractivity contribution in [3.05, 3.63) is 86.0 Å². The Morgan fingerprint density at radius 1 is 1.03 bits per heavy atom. The van der Waals surface area contributed by atoms with E-state index < -0.39 is 0 Å². The fourth-order valence-corrected chi connectivity index (χ4v) is 5.77. The maximum Gasteiger partial charge on any atom is 0.407 e. The van der Waals surface area contributed by atoms with Gasteiger partial charge in [0.2, 0.25) is 0 Å². The zero-order valence-corrected chi connectivity index (χ0v) is 21.8. The topological polar surface area (TPSA) is 53.6 Å². The van der Waals surface area contributed by atoms with E-state index in [4.69, 9.17) is 4.74 Å². The second kappa shape index (κ2) is 9.96. The summed E-state index contributed by atoms with van der Waals surface area (Å²) in [6.45, 7) is 9.10. The number of hydrogen-bond donors (Lipinski definition) is 2. The number of nitrogens with zero attached hydrogens (tertiary/aromatic N) is 1. The molecular formula is C28H30IN3O2. The van der Waals surface area contributed by atoms with Gasteiger partial charge in [-0.25, -0.2) is 4.79 Å². The Labute approximate surface area is 215 Å². The van der Waals surface area contributed by atoms with Gasteiger partial charge in [0.05, 0.1) is 0 Å². The summed E-state index contributed by atoms with van der Waals surface area (Å²) in [6.07, 6.45) is -0.374. The number of anilines is 1. The van der Waals surface area contributed by atoms with E-state index in [0.717, 1.165) is 31.7 Å². The number of rotatable bonds is 5. The highest BCUT2D eigenvalue weighted by atomic mass is 127. The summed E-state index contributed by atoms with van der Waals surface area (Å²) >= 11 is 2.43. The maximum absolute atomic E-state index is 12.7. The second-order valence-corrected chi connectivity index (χ2v) is 10.1. The van der Waals surface area contributed by atoms with Crippen LogP contribution in [0.2, 0.25) is 0 Å². The summed E-state index contributed by atoms with van der Waals surface area (Å²) in [5.74, 6) is 0.0690. The van der Waals surface area contributed by atoms with Crippen LogP contribution in [0.25, 0.3) is 11.1 Å². The quantitative estimate of drug-likeness (QED) is 0.408. The fraction of sp³-hybridized carbons (Fsp3) is 0.321. The number of amides is 1. The highest BCUT2D eigenvalue weighted by Crippen LogP contribution is 2.44. The van der Waals surface area contributed by atoms with Crippen molar-refractivity contribution in [1.29, 1.82) is 0 Å².